The third-order valence-electron chi connectivity index (χ3n) is 12.2. The fourth-order valence-corrected chi connectivity index (χ4v) is 10.4. The number of anilines is 3. The molecule has 0 atom stereocenters. The Morgan fingerprint density at radius 1 is 0.328 bits per heavy atom. The molecule has 10 aromatic carbocycles. The molecule has 0 aliphatic carbocycles. The molecule has 12 rings (SSSR count). The third kappa shape index (κ3) is 6.01. The number of aromatic nitrogens is 1. The molecule has 12 aromatic rings. The van der Waals surface area contributed by atoms with E-state index in [0.717, 1.165) is 22.7 Å². The van der Waals surface area contributed by atoms with Crippen molar-refractivity contribution in [1.82, 2.24) is 4.57 Å². The fraction of sp³-hybridized carbons (Fsp3) is 0. The molecule has 0 radical (unpaired) electrons. The Kier molecular flexibility index (Phi) is 8.39. The molecule has 2 heterocycles. The highest BCUT2D eigenvalue weighted by atomic mass is 32.1. The molecule has 0 bridgehead atoms. The van der Waals surface area contributed by atoms with Gasteiger partial charge in [0.25, 0.3) is 0 Å². The Bertz CT molecular complexity index is 3540. The number of para-hydroxylation sites is 1. The van der Waals surface area contributed by atoms with Gasteiger partial charge in [0, 0.05) is 59.1 Å². The van der Waals surface area contributed by atoms with Gasteiger partial charge in [-0.25, -0.2) is 0 Å². The first-order chi connectivity index (χ1) is 30.2. The minimum absolute atomic E-state index is 1.10. The lowest BCUT2D eigenvalue weighted by Crippen LogP contribution is -2.09. The Morgan fingerprint density at radius 3 is 1.54 bits per heavy atom. The number of thiophene rings is 1. The average molecular weight is 795 g/mol. The van der Waals surface area contributed by atoms with Crippen LogP contribution in [-0.2, 0) is 0 Å². The first kappa shape index (κ1) is 35.2. The van der Waals surface area contributed by atoms with Crippen molar-refractivity contribution >= 4 is 81.1 Å². The zero-order valence-corrected chi connectivity index (χ0v) is 34.1. The molecule has 0 aliphatic rings. The maximum Gasteiger partial charge on any atom is 0.0619 e. The number of nitrogens with zero attached hydrogens (tertiary/aromatic N) is 2. The van der Waals surface area contributed by atoms with Crippen molar-refractivity contribution in [2.75, 3.05) is 4.90 Å². The summed E-state index contributed by atoms with van der Waals surface area (Å²) in [6.45, 7) is 0. The van der Waals surface area contributed by atoms with E-state index in [1.807, 2.05) is 11.3 Å². The second-order valence-electron chi connectivity index (χ2n) is 15.7. The molecule has 0 saturated carbocycles. The van der Waals surface area contributed by atoms with Crippen LogP contribution in [0.1, 0.15) is 0 Å². The zero-order chi connectivity index (χ0) is 40.3. The summed E-state index contributed by atoms with van der Waals surface area (Å²) in [7, 11) is 0. The number of hydrogen-bond acceptors (Lipinski definition) is 2. The Hall–Kier alpha value is -7.72. The van der Waals surface area contributed by atoms with Gasteiger partial charge in [0.1, 0.15) is 0 Å². The summed E-state index contributed by atoms with van der Waals surface area (Å²) in [5.41, 5.74) is 14.2. The van der Waals surface area contributed by atoms with Crippen molar-refractivity contribution in [3.05, 3.63) is 231 Å². The van der Waals surface area contributed by atoms with Gasteiger partial charge in [-0.2, -0.15) is 0 Å². The van der Waals surface area contributed by atoms with Crippen LogP contribution in [-0.4, -0.2) is 4.57 Å². The van der Waals surface area contributed by atoms with Gasteiger partial charge >= 0.3 is 0 Å². The van der Waals surface area contributed by atoms with Gasteiger partial charge in [-0.15, -0.1) is 11.3 Å². The fourth-order valence-electron chi connectivity index (χ4n) is 9.29. The van der Waals surface area contributed by atoms with E-state index in [4.69, 9.17) is 0 Å². The largest absolute Gasteiger partial charge is 0.311 e. The standard InChI is InChI=1S/C58H38N2S/c1-2-11-39(12-3-1)40-21-30-45(31-22-40)59(47-36-27-44(28-37-47)49-17-10-20-56-57(49)53-16-7-9-19-55(53)61-56)46-32-23-41(24-33-46)42-25-34-48(35-26-42)60-54-18-8-6-15-51(54)52-38-29-43-13-4-5-14-50(43)58(52)60/h1-38H. The minimum atomic E-state index is 1.10. The van der Waals surface area contributed by atoms with Gasteiger partial charge in [0.05, 0.1) is 11.0 Å². The molecular formula is C58H38N2S. The third-order valence-corrected chi connectivity index (χ3v) is 13.4. The van der Waals surface area contributed by atoms with Gasteiger partial charge in [0.15, 0.2) is 0 Å². The summed E-state index contributed by atoms with van der Waals surface area (Å²) in [6, 6.07) is 84.0. The minimum Gasteiger partial charge on any atom is -0.311 e. The van der Waals surface area contributed by atoms with Crippen molar-refractivity contribution in [2.24, 2.45) is 0 Å². The predicted molar refractivity (Wildman–Crippen MR) is 262 cm³/mol. The Balaban J connectivity index is 0.911. The first-order valence-electron chi connectivity index (χ1n) is 20.8. The zero-order valence-electron chi connectivity index (χ0n) is 33.2. The quantitative estimate of drug-likeness (QED) is 0.156. The Morgan fingerprint density at radius 2 is 0.852 bits per heavy atom. The van der Waals surface area contributed by atoms with Crippen LogP contribution in [0.2, 0.25) is 0 Å². The number of fused-ring (bicyclic) bond motifs is 8. The summed E-state index contributed by atoms with van der Waals surface area (Å²) in [5.74, 6) is 0. The molecule has 2 nitrogen and oxygen atoms in total. The SMILES string of the molecule is c1ccc(-c2ccc(N(c3ccc(-c4ccc(-n5c6ccccc6c6ccc7ccccc7c65)cc4)cc3)c3ccc(-c4cccc5sc6ccccc6c45)cc3)cc2)cc1. The molecule has 3 heteroatoms. The molecule has 0 amide bonds. The van der Waals surface area contributed by atoms with E-state index in [9.17, 15) is 0 Å². The van der Waals surface area contributed by atoms with Gasteiger partial charge in [-0.05, 0) is 105 Å². The van der Waals surface area contributed by atoms with Crippen LogP contribution in [0.15, 0.2) is 231 Å². The highest BCUT2D eigenvalue weighted by Crippen LogP contribution is 2.43. The lowest BCUT2D eigenvalue weighted by Gasteiger charge is -2.26. The van der Waals surface area contributed by atoms with E-state index < -0.39 is 0 Å². The number of benzene rings is 10. The van der Waals surface area contributed by atoms with Crippen molar-refractivity contribution in [3.8, 4) is 39.1 Å². The molecule has 0 saturated heterocycles. The van der Waals surface area contributed by atoms with Gasteiger partial charge in [-0.1, -0.05) is 164 Å². The van der Waals surface area contributed by atoms with E-state index in [2.05, 4.69) is 240 Å². The predicted octanol–water partition coefficient (Wildman–Crippen LogP) is 16.8. The number of hydrogen-bond donors (Lipinski definition) is 0. The van der Waals surface area contributed by atoms with Crippen molar-refractivity contribution in [2.45, 2.75) is 0 Å². The maximum atomic E-state index is 2.43. The van der Waals surface area contributed by atoms with Crippen LogP contribution >= 0.6 is 11.3 Å². The van der Waals surface area contributed by atoms with E-state index in [1.165, 1.54) is 86.1 Å². The van der Waals surface area contributed by atoms with E-state index in [1.54, 1.807) is 0 Å². The number of rotatable bonds is 7. The molecule has 0 unspecified atom stereocenters. The van der Waals surface area contributed by atoms with Crippen LogP contribution in [0.25, 0.3) is 91.8 Å². The summed E-state index contributed by atoms with van der Waals surface area (Å²) in [4.78, 5) is 2.36. The van der Waals surface area contributed by atoms with Crippen molar-refractivity contribution < 1.29 is 0 Å². The summed E-state index contributed by atoms with van der Waals surface area (Å²) < 4.78 is 5.07. The van der Waals surface area contributed by atoms with Crippen LogP contribution in [0.5, 0.6) is 0 Å². The highest BCUT2D eigenvalue weighted by Gasteiger charge is 2.17. The topological polar surface area (TPSA) is 8.17 Å². The molecule has 0 fully saturated rings. The molecule has 0 N–H and O–H groups in total. The van der Waals surface area contributed by atoms with E-state index in [0.29, 0.717) is 0 Å². The lowest BCUT2D eigenvalue weighted by atomic mass is 9.99. The molecule has 0 aliphatic heterocycles. The van der Waals surface area contributed by atoms with Crippen molar-refractivity contribution in [3.63, 3.8) is 0 Å². The summed E-state index contributed by atoms with van der Waals surface area (Å²) in [5, 5.41) is 7.70. The maximum absolute atomic E-state index is 2.43. The van der Waals surface area contributed by atoms with Crippen LogP contribution in [0.3, 0.4) is 0 Å². The highest BCUT2D eigenvalue weighted by molar-refractivity contribution is 7.25. The van der Waals surface area contributed by atoms with Crippen LogP contribution in [0, 0.1) is 0 Å². The van der Waals surface area contributed by atoms with Crippen LogP contribution in [0.4, 0.5) is 17.1 Å². The monoisotopic (exact) mass is 794 g/mol. The smallest absolute Gasteiger partial charge is 0.0619 e. The summed E-state index contributed by atoms with van der Waals surface area (Å²) in [6.07, 6.45) is 0. The molecule has 0 spiro atoms. The normalized spacial score (nSPS) is 11.6. The van der Waals surface area contributed by atoms with Gasteiger partial charge < -0.3 is 9.47 Å². The first-order valence-corrected chi connectivity index (χ1v) is 21.6. The van der Waals surface area contributed by atoms with Gasteiger partial charge in [0.2, 0.25) is 0 Å². The molecule has 2 aromatic heterocycles. The molecule has 61 heavy (non-hydrogen) atoms. The molecule has 286 valence electrons. The van der Waals surface area contributed by atoms with Crippen molar-refractivity contribution in [1.29, 1.82) is 0 Å². The summed E-state index contributed by atoms with van der Waals surface area (Å²) >= 11 is 1.86. The molecular weight excluding hydrogens is 757 g/mol. The second-order valence-corrected chi connectivity index (χ2v) is 16.8. The van der Waals surface area contributed by atoms with E-state index in [-0.39, 0.29) is 0 Å². The van der Waals surface area contributed by atoms with Gasteiger partial charge in [-0.3, -0.25) is 0 Å². The Labute approximate surface area is 358 Å². The second kappa shape index (κ2) is 14.5. The average Bonchev–Trinajstić information content (AvgIpc) is 3.89. The van der Waals surface area contributed by atoms with Crippen LogP contribution < -0.4 is 4.90 Å². The van der Waals surface area contributed by atoms with E-state index >= 15 is 0 Å². The lowest BCUT2D eigenvalue weighted by molar-refractivity contribution is 1.19.